The summed E-state index contributed by atoms with van der Waals surface area (Å²) in [5.41, 5.74) is -1.25. The summed E-state index contributed by atoms with van der Waals surface area (Å²) < 4.78 is 25.0. The van der Waals surface area contributed by atoms with E-state index in [1.54, 1.807) is 12.1 Å². The molecule has 0 aromatic heterocycles. The average molecular weight is 333 g/mol. The van der Waals surface area contributed by atoms with Crippen molar-refractivity contribution in [1.82, 2.24) is 5.32 Å². The smallest absolute Gasteiger partial charge is 0.330 e. The molecule has 1 heterocycles. The molecule has 1 unspecified atom stereocenters. The molecule has 2 N–H and O–H groups in total. The van der Waals surface area contributed by atoms with Crippen molar-refractivity contribution in [3.05, 3.63) is 29.8 Å². The minimum atomic E-state index is -2.64. The van der Waals surface area contributed by atoms with Gasteiger partial charge in [-0.15, -0.1) is 0 Å². The summed E-state index contributed by atoms with van der Waals surface area (Å²) in [5, 5.41) is 11.8. The predicted octanol–water partition coefficient (Wildman–Crippen LogP) is 2.69. The Morgan fingerprint density at radius 3 is 2.67 bits per heavy atom. The molecule has 4 nitrogen and oxygen atoms in total. The average Bonchev–Trinajstić information content (AvgIpc) is 2.88. The van der Waals surface area contributed by atoms with E-state index in [-0.39, 0.29) is 28.0 Å². The molecule has 0 aliphatic carbocycles. The molecule has 1 atom stereocenters. The first-order valence-corrected chi connectivity index (χ1v) is 8.15. The van der Waals surface area contributed by atoms with Crippen LogP contribution in [0.2, 0.25) is 0 Å². The number of halogens is 2. The van der Waals surface area contributed by atoms with Crippen LogP contribution in [0.5, 0.6) is 0 Å². The number of hydrogen-bond acceptors (Lipinski definition) is 4. The lowest BCUT2D eigenvalue weighted by Gasteiger charge is -2.25. The number of thioether (sulfide) groups is 2. The van der Waals surface area contributed by atoms with Crippen molar-refractivity contribution in [2.24, 2.45) is 0 Å². The first-order valence-electron chi connectivity index (χ1n) is 6.12. The van der Waals surface area contributed by atoms with Crippen LogP contribution in [0, 0.1) is 0 Å². The largest absolute Gasteiger partial charge is 0.479 e. The highest BCUT2D eigenvalue weighted by molar-refractivity contribution is 7.99. The van der Waals surface area contributed by atoms with E-state index in [4.69, 9.17) is 0 Å². The normalized spacial score (nSPS) is 21.5. The molecule has 0 spiro atoms. The Morgan fingerprint density at radius 1 is 1.38 bits per heavy atom. The second kappa shape index (κ2) is 6.65. The maximum absolute atomic E-state index is 12.5. The van der Waals surface area contributed by atoms with Crippen molar-refractivity contribution in [2.75, 3.05) is 11.5 Å². The summed E-state index contributed by atoms with van der Waals surface area (Å²) in [5.74, 6) is -3.46. The van der Waals surface area contributed by atoms with E-state index in [9.17, 15) is 23.5 Å². The number of nitrogens with one attached hydrogen (secondary N) is 1. The third-order valence-corrected chi connectivity index (χ3v) is 5.11. The molecular formula is C13H13F2NO3S2. The zero-order chi connectivity index (χ0) is 15.5. The van der Waals surface area contributed by atoms with Gasteiger partial charge in [0.15, 0.2) is 0 Å². The summed E-state index contributed by atoms with van der Waals surface area (Å²) in [7, 11) is 0. The Morgan fingerprint density at radius 2 is 2.10 bits per heavy atom. The van der Waals surface area contributed by atoms with E-state index < -0.39 is 23.2 Å². The lowest BCUT2D eigenvalue weighted by Crippen LogP contribution is -2.54. The van der Waals surface area contributed by atoms with Gasteiger partial charge < -0.3 is 10.4 Å². The van der Waals surface area contributed by atoms with E-state index >= 15 is 0 Å². The van der Waals surface area contributed by atoms with Gasteiger partial charge in [0, 0.05) is 10.6 Å². The van der Waals surface area contributed by atoms with Crippen LogP contribution in [0.25, 0.3) is 0 Å². The van der Waals surface area contributed by atoms with Crippen molar-refractivity contribution in [1.29, 1.82) is 0 Å². The molecule has 8 heteroatoms. The molecule has 1 aromatic rings. The first kappa shape index (κ1) is 16.1. The van der Waals surface area contributed by atoms with Crippen molar-refractivity contribution < 1.29 is 23.5 Å². The predicted molar refractivity (Wildman–Crippen MR) is 78.1 cm³/mol. The van der Waals surface area contributed by atoms with Crippen LogP contribution in [0.3, 0.4) is 0 Å². The highest BCUT2D eigenvalue weighted by Crippen LogP contribution is 2.31. The van der Waals surface area contributed by atoms with E-state index in [1.165, 1.54) is 23.9 Å². The number of hydrogen-bond donors (Lipinski definition) is 2. The maximum Gasteiger partial charge on any atom is 0.330 e. The number of carbonyl (C=O) groups excluding carboxylic acids is 1. The van der Waals surface area contributed by atoms with E-state index in [0.717, 1.165) is 0 Å². The number of benzene rings is 1. The molecule has 0 saturated carbocycles. The van der Waals surface area contributed by atoms with Crippen LogP contribution in [0.1, 0.15) is 16.8 Å². The monoisotopic (exact) mass is 333 g/mol. The Balaban J connectivity index is 2.22. The molecule has 1 fully saturated rings. The van der Waals surface area contributed by atoms with E-state index in [0.29, 0.717) is 12.2 Å². The van der Waals surface area contributed by atoms with Crippen molar-refractivity contribution in [2.45, 2.75) is 22.6 Å². The first-order chi connectivity index (χ1) is 9.94. The number of amides is 1. The van der Waals surface area contributed by atoms with Gasteiger partial charge in [-0.3, -0.25) is 4.79 Å². The topological polar surface area (TPSA) is 66.4 Å². The van der Waals surface area contributed by atoms with E-state index in [2.05, 4.69) is 5.32 Å². The number of carboxylic acid groups (broad SMARTS) is 1. The minimum Gasteiger partial charge on any atom is -0.479 e. The molecule has 1 aromatic carbocycles. The second-order valence-electron chi connectivity index (χ2n) is 4.52. The van der Waals surface area contributed by atoms with Gasteiger partial charge in [0.1, 0.15) is 5.54 Å². The van der Waals surface area contributed by atoms with Gasteiger partial charge in [0.2, 0.25) is 0 Å². The SMILES string of the molecule is O=C(NC1(C(=O)O)CCSC1)c1ccccc1SC(F)F. The zero-order valence-electron chi connectivity index (χ0n) is 10.8. The lowest BCUT2D eigenvalue weighted by molar-refractivity contribution is -0.143. The second-order valence-corrected chi connectivity index (χ2v) is 6.66. The molecule has 0 radical (unpaired) electrons. The Bertz CT molecular complexity index is 548. The Labute approximate surface area is 128 Å². The van der Waals surface area contributed by atoms with Crippen LogP contribution in [-0.2, 0) is 4.79 Å². The summed E-state index contributed by atoms with van der Waals surface area (Å²) in [6.07, 6.45) is 0.322. The zero-order valence-corrected chi connectivity index (χ0v) is 12.5. The van der Waals surface area contributed by atoms with Gasteiger partial charge in [-0.05, 0) is 24.3 Å². The molecule has 21 heavy (non-hydrogen) atoms. The van der Waals surface area contributed by atoms with Crippen LogP contribution in [0.4, 0.5) is 8.78 Å². The quantitative estimate of drug-likeness (QED) is 0.811. The van der Waals surface area contributed by atoms with Gasteiger partial charge in [-0.25, -0.2) is 4.79 Å². The van der Waals surface area contributed by atoms with Crippen molar-refractivity contribution in [3.8, 4) is 0 Å². The van der Waals surface area contributed by atoms with Crippen molar-refractivity contribution in [3.63, 3.8) is 0 Å². The van der Waals surface area contributed by atoms with Crippen LogP contribution in [-0.4, -0.2) is 39.8 Å². The number of rotatable bonds is 5. The fourth-order valence-electron chi connectivity index (χ4n) is 2.02. The molecule has 1 aliphatic heterocycles. The van der Waals surface area contributed by atoms with Crippen LogP contribution >= 0.6 is 23.5 Å². The molecule has 1 saturated heterocycles. The van der Waals surface area contributed by atoms with Gasteiger partial charge >= 0.3 is 5.97 Å². The molecule has 1 amide bonds. The minimum absolute atomic E-state index is 0.0697. The summed E-state index contributed by atoms with van der Waals surface area (Å²) >= 11 is 1.71. The molecule has 1 aliphatic rings. The maximum atomic E-state index is 12.5. The summed E-state index contributed by atoms with van der Waals surface area (Å²) in [4.78, 5) is 23.8. The molecule has 114 valence electrons. The highest BCUT2D eigenvalue weighted by Gasteiger charge is 2.43. The highest BCUT2D eigenvalue weighted by atomic mass is 32.2. The Kier molecular flexibility index (Phi) is 5.10. The third kappa shape index (κ3) is 3.68. The van der Waals surface area contributed by atoms with Gasteiger partial charge in [0.25, 0.3) is 11.7 Å². The molecule has 2 rings (SSSR count). The van der Waals surface area contributed by atoms with Crippen LogP contribution in [0.15, 0.2) is 29.2 Å². The fourth-order valence-corrected chi connectivity index (χ4v) is 3.99. The number of aliphatic carboxylic acids is 1. The third-order valence-electron chi connectivity index (χ3n) is 3.13. The van der Waals surface area contributed by atoms with Gasteiger partial charge in [-0.2, -0.15) is 20.5 Å². The summed E-state index contributed by atoms with van der Waals surface area (Å²) in [6.45, 7) is 0. The molecular weight excluding hydrogens is 320 g/mol. The summed E-state index contributed by atoms with van der Waals surface area (Å²) in [6, 6.07) is 5.95. The number of carbonyl (C=O) groups is 2. The van der Waals surface area contributed by atoms with Crippen molar-refractivity contribution >= 4 is 35.4 Å². The van der Waals surface area contributed by atoms with Gasteiger partial charge in [-0.1, -0.05) is 23.9 Å². The standard InChI is InChI=1S/C13H13F2NO3S2/c14-12(15)21-9-4-2-1-3-8(9)10(17)16-13(11(18)19)5-6-20-7-13/h1-4,12H,5-7H2,(H,16,17)(H,18,19). The Hall–Kier alpha value is -1.28. The fraction of sp³-hybridized carbons (Fsp3) is 0.385. The van der Waals surface area contributed by atoms with Crippen LogP contribution < -0.4 is 5.32 Å². The lowest BCUT2D eigenvalue weighted by atomic mass is 9.98. The number of alkyl halides is 2. The number of carboxylic acids is 1. The van der Waals surface area contributed by atoms with E-state index in [1.807, 2.05) is 0 Å². The molecule has 0 bridgehead atoms. The van der Waals surface area contributed by atoms with Gasteiger partial charge in [0.05, 0.1) is 5.56 Å².